The van der Waals surface area contributed by atoms with Gasteiger partial charge in [0.2, 0.25) is 0 Å². The van der Waals surface area contributed by atoms with Crippen molar-refractivity contribution in [3.63, 3.8) is 0 Å². The van der Waals surface area contributed by atoms with E-state index in [0.29, 0.717) is 6.54 Å². The molecule has 0 radical (unpaired) electrons. The number of rotatable bonds is 2. The van der Waals surface area contributed by atoms with E-state index < -0.39 is 5.92 Å². The Kier molecular flexibility index (Phi) is 3.92. The largest absolute Gasteiger partial charge is 0.314 e. The molecule has 1 aliphatic rings. The Balaban J connectivity index is 2.01. The van der Waals surface area contributed by atoms with Crippen molar-refractivity contribution in [2.45, 2.75) is 26.3 Å². The quantitative estimate of drug-likeness (QED) is 0.653. The summed E-state index contributed by atoms with van der Waals surface area (Å²) in [6.07, 6.45) is 5.25. The average molecular weight is 353 g/mol. The van der Waals surface area contributed by atoms with Crippen molar-refractivity contribution in [3.05, 3.63) is 65.1 Å². The van der Waals surface area contributed by atoms with Crippen LogP contribution < -0.4 is 0 Å². The fourth-order valence-corrected chi connectivity index (χ4v) is 3.81. The van der Waals surface area contributed by atoms with E-state index in [-0.39, 0.29) is 12.2 Å². The summed E-state index contributed by atoms with van der Waals surface area (Å²) >= 11 is 0. The van der Waals surface area contributed by atoms with Crippen LogP contribution in [0.5, 0.6) is 0 Å². The fourth-order valence-electron chi connectivity index (χ4n) is 3.81. The molecule has 0 N–H and O–H groups in total. The molecule has 3 heterocycles. The first-order valence-corrected chi connectivity index (χ1v) is 8.66. The highest BCUT2D eigenvalue weighted by Gasteiger charge is 2.43. The number of aromatic nitrogens is 2. The number of allylic oxidation sites excluding steroid dienone is 1. The highest BCUT2D eigenvalue weighted by atomic mass is 19.3. The van der Waals surface area contributed by atoms with Gasteiger partial charge in [0.1, 0.15) is 0 Å². The predicted molar refractivity (Wildman–Crippen MR) is 101 cm³/mol. The third kappa shape index (κ3) is 2.72. The zero-order chi connectivity index (χ0) is 18.5. The minimum atomic E-state index is -2.90. The van der Waals surface area contributed by atoms with Crippen LogP contribution in [-0.2, 0) is 12.5 Å². The first-order chi connectivity index (χ1) is 12.4. The molecule has 3 aromatic rings. The number of nitrogens with zero attached hydrogens (tertiary/aromatic N) is 3. The highest BCUT2D eigenvalue weighted by molar-refractivity contribution is 5.90. The van der Waals surface area contributed by atoms with Crippen LogP contribution in [-0.4, -0.2) is 28.0 Å². The predicted octanol–water partition coefficient (Wildman–Crippen LogP) is 4.90. The number of likely N-dealkylation sites (N-methyl/N-ethyl adjacent to an activating group) is 1. The van der Waals surface area contributed by atoms with Gasteiger partial charge < -0.3 is 4.57 Å². The molecular weight excluding hydrogens is 332 g/mol. The SMILES string of the molecule is C/C(=C\n1c2c(c3cc(C)ccc31)CN(C)CC2(F)F)c1ccncc1. The number of aryl methyl sites for hydroxylation is 1. The summed E-state index contributed by atoms with van der Waals surface area (Å²) in [7, 11) is 1.74. The van der Waals surface area contributed by atoms with Crippen LogP contribution in [0.4, 0.5) is 8.78 Å². The normalized spacial score (nSPS) is 17.5. The fraction of sp³-hybridized carbons (Fsp3) is 0.286. The molecule has 0 saturated heterocycles. The lowest BCUT2D eigenvalue weighted by molar-refractivity contribution is -0.0499. The smallest absolute Gasteiger partial charge is 0.300 e. The van der Waals surface area contributed by atoms with Gasteiger partial charge in [-0.25, -0.2) is 0 Å². The van der Waals surface area contributed by atoms with E-state index in [4.69, 9.17) is 0 Å². The number of benzene rings is 1. The molecule has 2 aromatic heterocycles. The molecule has 0 bridgehead atoms. The minimum absolute atomic E-state index is 0.115. The van der Waals surface area contributed by atoms with Gasteiger partial charge in [0.25, 0.3) is 0 Å². The van der Waals surface area contributed by atoms with Crippen LogP contribution in [0.1, 0.15) is 29.3 Å². The second-order valence-electron chi connectivity index (χ2n) is 7.14. The number of alkyl halides is 2. The summed E-state index contributed by atoms with van der Waals surface area (Å²) in [5, 5.41) is 0.907. The van der Waals surface area contributed by atoms with Crippen LogP contribution in [0.3, 0.4) is 0 Å². The van der Waals surface area contributed by atoms with E-state index in [1.807, 2.05) is 50.4 Å². The lowest BCUT2D eigenvalue weighted by Crippen LogP contribution is -2.39. The molecule has 1 aliphatic heterocycles. The Hall–Kier alpha value is -2.53. The van der Waals surface area contributed by atoms with E-state index in [1.165, 1.54) is 0 Å². The summed E-state index contributed by atoms with van der Waals surface area (Å²) in [4.78, 5) is 5.71. The maximum Gasteiger partial charge on any atom is 0.300 e. The van der Waals surface area contributed by atoms with Gasteiger partial charge in [-0.15, -0.1) is 0 Å². The van der Waals surface area contributed by atoms with E-state index >= 15 is 0 Å². The molecule has 134 valence electrons. The van der Waals surface area contributed by atoms with Gasteiger partial charge in [0, 0.05) is 36.1 Å². The second-order valence-corrected chi connectivity index (χ2v) is 7.14. The number of hydrogen-bond donors (Lipinski definition) is 0. The summed E-state index contributed by atoms with van der Waals surface area (Å²) in [5.41, 5.74) is 4.63. The molecule has 0 atom stereocenters. The Morgan fingerprint density at radius 2 is 1.92 bits per heavy atom. The van der Waals surface area contributed by atoms with Crippen molar-refractivity contribution >= 4 is 22.7 Å². The Bertz CT molecular complexity index is 1000. The zero-order valence-corrected chi connectivity index (χ0v) is 15.1. The lowest BCUT2D eigenvalue weighted by atomic mass is 10.0. The first-order valence-electron chi connectivity index (χ1n) is 8.66. The molecule has 0 spiro atoms. The molecule has 0 aliphatic carbocycles. The Labute approximate surface area is 151 Å². The third-order valence-electron chi connectivity index (χ3n) is 4.96. The average Bonchev–Trinajstić information content (AvgIpc) is 2.89. The Morgan fingerprint density at radius 3 is 2.65 bits per heavy atom. The van der Waals surface area contributed by atoms with Crippen LogP contribution >= 0.6 is 0 Å². The number of pyridine rings is 1. The van der Waals surface area contributed by atoms with Crippen molar-refractivity contribution in [2.24, 2.45) is 0 Å². The standard InChI is InChI=1S/C21H21F2N3/c1-14-4-5-19-17(10-14)18-12-25(3)13-21(22,23)20(18)26(19)11-15(2)16-6-8-24-9-7-16/h4-11H,12-13H2,1-3H3/b15-11+. The van der Waals surface area contributed by atoms with Crippen molar-refractivity contribution in [2.75, 3.05) is 13.6 Å². The van der Waals surface area contributed by atoms with Gasteiger partial charge in [0.05, 0.1) is 17.8 Å². The van der Waals surface area contributed by atoms with Gasteiger partial charge in [-0.2, -0.15) is 8.78 Å². The lowest BCUT2D eigenvalue weighted by Gasteiger charge is -2.31. The van der Waals surface area contributed by atoms with Gasteiger partial charge >= 0.3 is 5.92 Å². The third-order valence-corrected chi connectivity index (χ3v) is 4.96. The molecule has 0 unspecified atom stereocenters. The maximum absolute atomic E-state index is 15.0. The van der Waals surface area contributed by atoms with Crippen LogP contribution in [0.2, 0.25) is 0 Å². The molecular formula is C21H21F2N3. The van der Waals surface area contributed by atoms with Crippen LogP contribution in [0, 0.1) is 6.92 Å². The van der Waals surface area contributed by atoms with E-state index in [9.17, 15) is 8.78 Å². The van der Waals surface area contributed by atoms with Gasteiger partial charge in [-0.1, -0.05) is 11.6 Å². The number of hydrogen-bond acceptors (Lipinski definition) is 2. The molecule has 4 rings (SSSR count). The Morgan fingerprint density at radius 1 is 1.19 bits per heavy atom. The second kappa shape index (κ2) is 6.02. The van der Waals surface area contributed by atoms with Crippen molar-refractivity contribution < 1.29 is 8.78 Å². The monoisotopic (exact) mass is 353 g/mol. The van der Waals surface area contributed by atoms with Crippen LogP contribution in [0.15, 0.2) is 42.7 Å². The van der Waals surface area contributed by atoms with E-state index in [1.54, 1.807) is 28.9 Å². The summed E-state index contributed by atoms with van der Waals surface area (Å²) in [5.74, 6) is -2.90. The topological polar surface area (TPSA) is 21.1 Å². The van der Waals surface area contributed by atoms with Gasteiger partial charge in [-0.05, 0) is 56.3 Å². The van der Waals surface area contributed by atoms with Crippen LogP contribution in [0.25, 0.3) is 22.7 Å². The first kappa shape index (κ1) is 16.9. The zero-order valence-electron chi connectivity index (χ0n) is 15.1. The highest BCUT2D eigenvalue weighted by Crippen LogP contribution is 2.42. The van der Waals surface area contributed by atoms with E-state index in [0.717, 1.165) is 33.2 Å². The molecule has 3 nitrogen and oxygen atoms in total. The van der Waals surface area contributed by atoms with Crippen molar-refractivity contribution in [3.8, 4) is 0 Å². The number of halogens is 2. The number of fused-ring (bicyclic) bond motifs is 3. The molecule has 5 heteroatoms. The minimum Gasteiger partial charge on any atom is -0.314 e. The van der Waals surface area contributed by atoms with E-state index in [2.05, 4.69) is 4.98 Å². The summed E-state index contributed by atoms with van der Waals surface area (Å²) in [6, 6.07) is 9.70. The maximum atomic E-state index is 15.0. The van der Waals surface area contributed by atoms with Crippen molar-refractivity contribution in [1.82, 2.24) is 14.5 Å². The molecule has 0 fully saturated rings. The van der Waals surface area contributed by atoms with Gasteiger partial charge in [-0.3, -0.25) is 9.88 Å². The molecule has 0 amide bonds. The molecule has 1 aromatic carbocycles. The molecule has 0 saturated carbocycles. The molecule has 26 heavy (non-hydrogen) atoms. The summed E-state index contributed by atoms with van der Waals surface area (Å²) in [6.45, 7) is 4.19. The van der Waals surface area contributed by atoms with Gasteiger partial charge in [0.15, 0.2) is 0 Å². The summed E-state index contributed by atoms with van der Waals surface area (Å²) < 4.78 is 31.7. The van der Waals surface area contributed by atoms with Crippen molar-refractivity contribution in [1.29, 1.82) is 0 Å².